The van der Waals surface area contributed by atoms with Crippen molar-refractivity contribution in [1.29, 1.82) is 0 Å². The third kappa shape index (κ3) is 5.32. The molecule has 0 spiro atoms. The molecule has 1 aliphatic rings. The average molecular weight is 563 g/mol. The normalized spacial score (nSPS) is 22.6. The number of fused-ring (bicyclic) bond motifs is 1. The average Bonchev–Trinajstić information content (AvgIpc) is 3.39. The van der Waals surface area contributed by atoms with Crippen molar-refractivity contribution in [2.75, 3.05) is 5.32 Å². The lowest BCUT2D eigenvalue weighted by Gasteiger charge is -2.18. The Labute approximate surface area is 221 Å². The first-order chi connectivity index (χ1) is 18.0. The van der Waals surface area contributed by atoms with Crippen molar-refractivity contribution in [3.63, 3.8) is 0 Å². The Hall–Kier alpha value is -2.89. The van der Waals surface area contributed by atoms with Crippen LogP contribution in [-0.2, 0) is 15.5 Å². The summed E-state index contributed by atoms with van der Waals surface area (Å²) >= 11 is 6.30. The van der Waals surface area contributed by atoms with Gasteiger partial charge in [0, 0.05) is 5.56 Å². The number of anilines is 1. The van der Waals surface area contributed by atoms with E-state index in [1.165, 1.54) is 29.1 Å². The Morgan fingerprint density at radius 3 is 2.55 bits per heavy atom. The lowest BCUT2D eigenvalue weighted by molar-refractivity contribution is -0.0428. The standard InChI is InChI=1S/C25H25ClFN4O6P/c1-13(16-4-2-3-5-18(16)27)29-19-10-20(26)30-24-17(19)11-28-31(24)25-22(33)21(32)23(37-25)15-8-6-14(7-9-15)12-38(34,35)36/h2-11,13,21-23,25,32-33H,12H2,1H3,(H,29,30)(H2,34,35,36)/t13-,21-,22+,23+,25+/m0/s1. The van der Waals surface area contributed by atoms with Crippen LogP contribution in [0.25, 0.3) is 11.0 Å². The highest BCUT2D eigenvalue weighted by Crippen LogP contribution is 2.42. The molecule has 200 valence electrons. The molecule has 0 saturated carbocycles. The number of nitrogens with one attached hydrogen (secondary N) is 1. The number of aromatic nitrogens is 3. The van der Waals surface area contributed by atoms with Crippen LogP contribution in [0.3, 0.4) is 0 Å². The van der Waals surface area contributed by atoms with Crippen LogP contribution in [0.5, 0.6) is 0 Å². The smallest absolute Gasteiger partial charge is 0.329 e. The zero-order valence-corrected chi connectivity index (χ0v) is 21.7. The molecule has 0 unspecified atom stereocenters. The predicted molar refractivity (Wildman–Crippen MR) is 138 cm³/mol. The molecule has 5 rings (SSSR count). The van der Waals surface area contributed by atoms with Crippen molar-refractivity contribution < 1.29 is 33.7 Å². The van der Waals surface area contributed by atoms with Gasteiger partial charge >= 0.3 is 7.60 Å². The number of aliphatic hydroxyl groups excluding tert-OH is 2. The number of halogens is 2. The highest BCUT2D eigenvalue weighted by Gasteiger charge is 2.45. The van der Waals surface area contributed by atoms with E-state index < -0.39 is 44.3 Å². The topological polar surface area (TPSA) is 150 Å². The number of benzene rings is 2. The van der Waals surface area contributed by atoms with Gasteiger partial charge in [0.1, 0.15) is 29.3 Å². The Balaban J connectivity index is 1.42. The molecule has 10 nitrogen and oxygen atoms in total. The van der Waals surface area contributed by atoms with E-state index in [1.807, 2.05) is 0 Å². The molecular formula is C25H25ClFN4O6P. The summed E-state index contributed by atoms with van der Waals surface area (Å²) in [5.74, 6) is -0.350. The monoisotopic (exact) mass is 562 g/mol. The van der Waals surface area contributed by atoms with E-state index in [-0.39, 0.29) is 16.6 Å². The summed E-state index contributed by atoms with van der Waals surface area (Å²) in [5.41, 5.74) is 2.24. The summed E-state index contributed by atoms with van der Waals surface area (Å²) in [6.45, 7) is 1.80. The van der Waals surface area contributed by atoms with Crippen molar-refractivity contribution >= 4 is 35.9 Å². The molecule has 3 heterocycles. The minimum atomic E-state index is -4.23. The molecule has 2 aromatic heterocycles. The van der Waals surface area contributed by atoms with E-state index in [1.54, 1.807) is 43.3 Å². The SMILES string of the molecule is C[C@H](Nc1cc(Cl)nc2c1cnn2[C@@H]1O[C@H](c2ccc(CP(=O)(O)O)cc2)[C@@H](O)[C@H]1O)c1ccccc1F. The fourth-order valence-corrected chi connectivity index (χ4v) is 5.49. The van der Waals surface area contributed by atoms with Crippen molar-refractivity contribution in [3.8, 4) is 0 Å². The third-order valence-corrected chi connectivity index (χ3v) is 7.43. The van der Waals surface area contributed by atoms with E-state index in [2.05, 4.69) is 15.4 Å². The Morgan fingerprint density at radius 1 is 1.16 bits per heavy atom. The van der Waals surface area contributed by atoms with Gasteiger partial charge in [0.05, 0.1) is 29.5 Å². The second-order valence-corrected chi connectivity index (χ2v) is 11.2. The van der Waals surface area contributed by atoms with Crippen LogP contribution in [0, 0.1) is 5.82 Å². The molecule has 5 N–H and O–H groups in total. The predicted octanol–water partition coefficient (Wildman–Crippen LogP) is 4.07. The van der Waals surface area contributed by atoms with Crippen LogP contribution in [0.2, 0.25) is 5.15 Å². The molecule has 0 aliphatic carbocycles. The summed E-state index contributed by atoms with van der Waals surface area (Å²) in [5, 5.41) is 29.8. The summed E-state index contributed by atoms with van der Waals surface area (Å²) < 4.78 is 32.9. The maximum absolute atomic E-state index is 14.3. The molecule has 1 saturated heterocycles. The van der Waals surface area contributed by atoms with Crippen LogP contribution in [-0.4, -0.2) is 47.0 Å². The highest BCUT2D eigenvalue weighted by atomic mass is 35.5. The number of nitrogens with zero attached hydrogens (tertiary/aromatic N) is 3. The molecule has 5 atom stereocenters. The molecule has 0 bridgehead atoms. The maximum atomic E-state index is 14.3. The van der Waals surface area contributed by atoms with Gasteiger partial charge in [-0.2, -0.15) is 5.10 Å². The fraction of sp³-hybridized carbons (Fsp3) is 0.280. The molecule has 2 aromatic carbocycles. The minimum Gasteiger partial charge on any atom is -0.387 e. The van der Waals surface area contributed by atoms with Crippen LogP contribution >= 0.6 is 19.2 Å². The fourth-order valence-electron chi connectivity index (χ4n) is 4.62. The molecule has 4 aromatic rings. The molecule has 13 heteroatoms. The van der Waals surface area contributed by atoms with Crippen LogP contribution in [0.15, 0.2) is 60.8 Å². The van der Waals surface area contributed by atoms with Gasteiger partial charge < -0.3 is 30.1 Å². The zero-order valence-electron chi connectivity index (χ0n) is 20.0. The summed E-state index contributed by atoms with van der Waals surface area (Å²) in [4.78, 5) is 22.7. The quantitative estimate of drug-likeness (QED) is 0.166. The van der Waals surface area contributed by atoms with Crippen molar-refractivity contribution in [2.45, 2.75) is 43.7 Å². The zero-order chi connectivity index (χ0) is 27.2. The van der Waals surface area contributed by atoms with Crippen LogP contribution in [0.4, 0.5) is 10.1 Å². The molecule has 1 fully saturated rings. The van der Waals surface area contributed by atoms with Crippen molar-refractivity contribution in [3.05, 3.63) is 88.5 Å². The Bertz CT molecular complexity index is 1510. The van der Waals surface area contributed by atoms with Gasteiger partial charge in [0.25, 0.3) is 0 Å². The van der Waals surface area contributed by atoms with Crippen LogP contribution in [0.1, 0.15) is 42.0 Å². The Morgan fingerprint density at radius 2 is 1.87 bits per heavy atom. The van der Waals surface area contributed by atoms with E-state index in [4.69, 9.17) is 16.3 Å². The Kier molecular flexibility index (Phi) is 7.27. The van der Waals surface area contributed by atoms with E-state index in [9.17, 15) is 29.0 Å². The van der Waals surface area contributed by atoms with Gasteiger partial charge in [-0.15, -0.1) is 0 Å². The van der Waals surface area contributed by atoms with Gasteiger partial charge in [-0.05, 0) is 30.2 Å². The number of aliphatic hydroxyl groups is 2. The van der Waals surface area contributed by atoms with Crippen molar-refractivity contribution in [1.82, 2.24) is 14.8 Å². The van der Waals surface area contributed by atoms with Gasteiger partial charge in [-0.3, -0.25) is 4.57 Å². The number of pyridine rings is 1. The molecule has 38 heavy (non-hydrogen) atoms. The van der Waals surface area contributed by atoms with Crippen LogP contribution < -0.4 is 5.32 Å². The summed E-state index contributed by atoms with van der Waals surface area (Å²) in [6.07, 6.45) is -3.62. The van der Waals surface area contributed by atoms with Crippen molar-refractivity contribution in [2.24, 2.45) is 0 Å². The summed E-state index contributed by atoms with van der Waals surface area (Å²) in [7, 11) is -4.23. The first kappa shape index (κ1) is 26.7. The number of rotatable bonds is 7. The first-order valence-electron chi connectivity index (χ1n) is 11.7. The highest BCUT2D eigenvalue weighted by molar-refractivity contribution is 7.50. The third-order valence-electron chi connectivity index (χ3n) is 6.46. The van der Waals surface area contributed by atoms with Gasteiger partial charge in [0.15, 0.2) is 11.9 Å². The molecule has 0 radical (unpaired) electrons. The van der Waals surface area contributed by atoms with E-state index in [0.29, 0.717) is 27.8 Å². The number of hydrogen-bond donors (Lipinski definition) is 5. The van der Waals surface area contributed by atoms with Gasteiger partial charge in [-0.25, -0.2) is 14.1 Å². The molecule has 0 amide bonds. The number of hydrogen-bond acceptors (Lipinski definition) is 7. The lowest BCUT2D eigenvalue weighted by atomic mass is 10.0. The lowest BCUT2D eigenvalue weighted by Crippen LogP contribution is -2.29. The first-order valence-corrected chi connectivity index (χ1v) is 13.9. The van der Waals surface area contributed by atoms with E-state index >= 15 is 0 Å². The van der Waals surface area contributed by atoms with Gasteiger partial charge in [0.2, 0.25) is 0 Å². The van der Waals surface area contributed by atoms with E-state index in [0.717, 1.165) is 0 Å². The molecular weight excluding hydrogens is 538 g/mol. The number of ether oxygens (including phenoxy) is 1. The van der Waals surface area contributed by atoms with Gasteiger partial charge in [-0.1, -0.05) is 54.1 Å². The second-order valence-electron chi connectivity index (χ2n) is 9.20. The largest absolute Gasteiger partial charge is 0.387 e. The maximum Gasteiger partial charge on any atom is 0.329 e. The minimum absolute atomic E-state index is 0.132. The summed E-state index contributed by atoms with van der Waals surface area (Å²) in [6, 6.07) is 13.8. The molecule has 1 aliphatic heterocycles. The second kappa shape index (κ2) is 10.3.